The molecule has 0 bridgehead atoms. The maximum Gasteiger partial charge on any atom is 0.337 e. The van der Waals surface area contributed by atoms with Gasteiger partial charge in [0.15, 0.2) is 0 Å². The lowest BCUT2D eigenvalue weighted by Crippen LogP contribution is -2.39. The van der Waals surface area contributed by atoms with Crippen LogP contribution in [-0.2, 0) is 19.6 Å². The summed E-state index contributed by atoms with van der Waals surface area (Å²) in [6.07, 6.45) is 1.36. The normalized spacial score (nSPS) is 11.2. The first-order valence-electron chi connectivity index (χ1n) is 10.6. The zero-order chi connectivity index (χ0) is 26.3. The fraction of sp³-hybridized carbons (Fsp3) is 0.160. The second kappa shape index (κ2) is 11.7. The molecule has 0 aliphatic heterocycles. The van der Waals surface area contributed by atoms with E-state index in [4.69, 9.17) is 16.3 Å². The first kappa shape index (κ1) is 26.7. The number of aryl methyl sites for hydroxylation is 1. The maximum absolute atomic E-state index is 13.5. The summed E-state index contributed by atoms with van der Waals surface area (Å²) < 4.78 is 38.0. The van der Waals surface area contributed by atoms with Gasteiger partial charge in [0.2, 0.25) is 0 Å². The topological polar surface area (TPSA) is 114 Å². The van der Waals surface area contributed by atoms with E-state index < -0.39 is 28.4 Å². The van der Waals surface area contributed by atoms with Crippen LogP contribution in [0.5, 0.6) is 5.75 Å². The lowest BCUT2D eigenvalue weighted by Gasteiger charge is -2.25. The van der Waals surface area contributed by atoms with E-state index in [9.17, 15) is 18.0 Å². The van der Waals surface area contributed by atoms with Crippen molar-refractivity contribution in [3.8, 4) is 5.75 Å². The van der Waals surface area contributed by atoms with Crippen molar-refractivity contribution in [2.24, 2.45) is 5.10 Å². The number of hydrogen-bond donors (Lipinski definition) is 1. The van der Waals surface area contributed by atoms with Crippen molar-refractivity contribution in [3.63, 3.8) is 0 Å². The zero-order valence-corrected chi connectivity index (χ0v) is 21.3. The van der Waals surface area contributed by atoms with Gasteiger partial charge in [0.05, 0.1) is 36.6 Å². The molecule has 0 radical (unpaired) electrons. The number of halogens is 1. The Balaban J connectivity index is 1.86. The number of nitrogens with one attached hydrogen (secondary N) is 1. The minimum Gasteiger partial charge on any atom is -0.495 e. The molecule has 1 N–H and O–H groups in total. The Morgan fingerprint density at radius 2 is 1.69 bits per heavy atom. The average molecular weight is 530 g/mol. The number of hydrazone groups is 1. The van der Waals surface area contributed by atoms with E-state index in [-0.39, 0.29) is 21.4 Å². The van der Waals surface area contributed by atoms with Crippen LogP contribution in [0.15, 0.2) is 76.7 Å². The van der Waals surface area contributed by atoms with Crippen LogP contribution in [0.4, 0.5) is 5.69 Å². The SMILES string of the molecule is COC(=O)c1ccc(/C=N\NC(=O)CN(c2cc(Cl)ccc2OC)S(=O)(=O)c2ccc(C)cc2)cc1. The van der Waals surface area contributed by atoms with Gasteiger partial charge in [-0.3, -0.25) is 9.10 Å². The van der Waals surface area contributed by atoms with E-state index in [1.54, 1.807) is 42.5 Å². The van der Waals surface area contributed by atoms with E-state index in [1.165, 1.54) is 44.7 Å². The summed E-state index contributed by atoms with van der Waals surface area (Å²) in [5.74, 6) is -0.953. The van der Waals surface area contributed by atoms with Gasteiger partial charge in [-0.2, -0.15) is 5.10 Å². The molecule has 0 saturated carbocycles. The number of amides is 1. The predicted octanol–water partition coefficient (Wildman–Crippen LogP) is 3.79. The van der Waals surface area contributed by atoms with Crippen molar-refractivity contribution in [1.82, 2.24) is 5.43 Å². The molecule has 9 nitrogen and oxygen atoms in total. The number of rotatable bonds is 9. The highest BCUT2D eigenvalue weighted by Gasteiger charge is 2.29. The molecule has 1 amide bonds. The number of ether oxygens (including phenoxy) is 2. The second-order valence-corrected chi connectivity index (χ2v) is 9.85. The molecule has 0 fully saturated rings. The number of sulfonamides is 1. The number of nitrogens with zero attached hydrogens (tertiary/aromatic N) is 2. The van der Waals surface area contributed by atoms with Gasteiger partial charge in [-0.05, 0) is 55.0 Å². The van der Waals surface area contributed by atoms with Crippen LogP contribution in [-0.4, -0.2) is 47.3 Å². The fourth-order valence-electron chi connectivity index (χ4n) is 3.16. The van der Waals surface area contributed by atoms with E-state index in [2.05, 4.69) is 15.3 Å². The molecule has 188 valence electrons. The summed E-state index contributed by atoms with van der Waals surface area (Å²) >= 11 is 6.13. The first-order chi connectivity index (χ1) is 17.1. The molecule has 0 aliphatic carbocycles. The predicted molar refractivity (Wildman–Crippen MR) is 137 cm³/mol. The highest BCUT2D eigenvalue weighted by atomic mass is 35.5. The summed E-state index contributed by atoms with van der Waals surface area (Å²) in [5.41, 5.74) is 4.27. The Hall–Kier alpha value is -3.89. The number of benzene rings is 3. The van der Waals surface area contributed by atoms with Gasteiger partial charge in [-0.1, -0.05) is 41.4 Å². The molecule has 36 heavy (non-hydrogen) atoms. The third kappa shape index (κ3) is 6.41. The Kier molecular flexibility index (Phi) is 8.68. The lowest BCUT2D eigenvalue weighted by molar-refractivity contribution is -0.119. The largest absolute Gasteiger partial charge is 0.495 e. The van der Waals surface area contributed by atoms with Crippen LogP contribution in [0.2, 0.25) is 5.02 Å². The number of methoxy groups -OCH3 is 2. The molecule has 3 aromatic rings. The summed E-state index contributed by atoms with van der Waals surface area (Å²) in [7, 11) is -1.50. The van der Waals surface area contributed by atoms with Gasteiger partial charge >= 0.3 is 5.97 Å². The monoisotopic (exact) mass is 529 g/mol. The fourth-order valence-corrected chi connectivity index (χ4v) is 4.75. The maximum atomic E-state index is 13.5. The summed E-state index contributed by atoms with van der Waals surface area (Å²) in [6, 6.07) is 17.1. The Morgan fingerprint density at radius 1 is 1.03 bits per heavy atom. The summed E-state index contributed by atoms with van der Waals surface area (Å²) in [4.78, 5) is 24.3. The third-order valence-electron chi connectivity index (χ3n) is 5.04. The minimum absolute atomic E-state index is 0.00266. The number of carbonyl (C=O) groups excluding carboxylic acids is 2. The Morgan fingerprint density at radius 3 is 2.31 bits per heavy atom. The quantitative estimate of drug-likeness (QED) is 0.256. The molecule has 0 heterocycles. The molecule has 0 atom stereocenters. The van der Waals surface area contributed by atoms with Gasteiger partial charge in [-0.15, -0.1) is 0 Å². The van der Waals surface area contributed by atoms with E-state index in [1.807, 2.05) is 6.92 Å². The second-order valence-electron chi connectivity index (χ2n) is 7.55. The summed E-state index contributed by atoms with van der Waals surface area (Å²) in [5, 5.41) is 4.16. The van der Waals surface area contributed by atoms with E-state index >= 15 is 0 Å². The van der Waals surface area contributed by atoms with Crippen LogP contribution >= 0.6 is 11.6 Å². The molecule has 0 unspecified atom stereocenters. The van der Waals surface area contributed by atoms with Gasteiger partial charge in [0.1, 0.15) is 12.3 Å². The van der Waals surface area contributed by atoms with Crippen LogP contribution in [0.3, 0.4) is 0 Å². The Labute approximate surface area is 214 Å². The van der Waals surface area contributed by atoms with Gasteiger partial charge < -0.3 is 9.47 Å². The molecule has 0 saturated heterocycles. The lowest BCUT2D eigenvalue weighted by atomic mass is 10.1. The molecular weight excluding hydrogens is 506 g/mol. The van der Waals surface area contributed by atoms with Gasteiger partial charge in [0.25, 0.3) is 15.9 Å². The van der Waals surface area contributed by atoms with Crippen molar-refractivity contribution in [2.75, 3.05) is 25.1 Å². The molecule has 11 heteroatoms. The molecule has 0 aromatic heterocycles. The minimum atomic E-state index is -4.17. The molecule has 0 spiro atoms. The smallest absolute Gasteiger partial charge is 0.337 e. The van der Waals surface area contributed by atoms with Gasteiger partial charge in [0, 0.05) is 5.02 Å². The van der Waals surface area contributed by atoms with E-state index in [0.717, 1.165) is 9.87 Å². The molecule has 3 rings (SSSR count). The van der Waals surface area contributed by atoms with E-state index in [0.29, 0.717) is 11.1 Å². The van der Waals surface area contributed by atoms with Crippen molar-refractivity contribution < 1.29 is 27.5 Å². The Bertz CT molecular complexity index is 1370. The molecular formula is C25H24ClN3O6S. The van der Waals surface area contributed by atoms with Crippen molar-refractivity contribution in [3.05, 3.63) is 88.4 Å². The van der Waals surface area contributed by atoms with Crippen LogP contribution in [0.1, 0.15) is 21.5 Å². The average Bonchev–Trinajstić information content (AvgIpc) is 2.87. The van der Waals surface area contributed by atoms with Crippen LogP contribution in [0.25, 0.3) is 0 Å². The van der Waals surface area contributed by atoms with Crippen LogP contribution < -0.4 is 14.5 Å². The van der Waals surface area contributed by atoms with Crippen molar-refractivity contribution in [2.45, 2.75) is 11.8 Å². The highest BCUT2D eigenvalue weighted by molar-refractivity contribution is 7.92. The number of hydrogen-bond acceptors (Lipinski definition) is 7. The number of esters is 1. The summed E-state index contributed by atoms with van der Waals surface area (Å²) in [6.45, 7) is 1.24. The van der Waals surface area contributed by atoms with Gasteiger partial charge in [-0.25, -0.2) is 18.6 Å². The standard InChI is InChI=1S/C25H24ClN3O6S/c1-17-4-11-21(12-5-17)36(32,33)29(22-14-20(26)10-13-23(22)34-2)16-24(30)28-27-15-18-6-8-19(9-7-18)25(31)35-3/h4-15H,16H2,1-3H3,(H,28,30)/b27-15-. The third-order valence-corrected chi connectivity index (χ3v) is 7.05. The highest BCUT2D eigenvalue weighted by Crippen LogP contribution is 2.34. The molecule has 3 aromatic carbocycles. The van der Waals surface area contributed by atoms with Crippen LogP contribution in [0, 0.1) is 6.92 Å². The number of carbonyl (C=O) groups is 2. The van der Waals surface area contributed by atoms with Crippen molar-refractivity contribution in [1.29, 1.82) is 0 Å². The number of anilines is 1. The van der Waals surface area contributed by atoms with Crippen molar-refractivity contribution >= 4 is 45.4 Å². The first-order valence-corrected chi connectivity index (χ1v) is 12.4. The zero-order valence-electron chi connectivity index (χ0n) is 19.8. The molecule has 0 aliphatic rings.